The molecule has 0 aliphatic heterocycles. The van der Waals surface area contributed by atoms with E-state index < -0.39 is 0 Å². The summed E-state index contributed by atoms with van der Waals surface area (Å²) in [4.78, 5) is 21.8. The number of hydrogen-bond donors (Lipinski definition) is 0. The zero-order chi connectivity index (χ0) is 11.4. The van der Waals surface area contributed by atoms with Crippen molar-refractivity contribution in [2.45, 2.75) is 6.54 Å². The number of hydrogen-bond acceptors (Lipinski definition) is 2. The maximum atomic E-state index is 11.2. The van der Waals surface area contributed by atoms with Crippen molar-refractivity contribution in [2.75, 3.05) is 0 Å². The quantitative estimate of drug-likeness (QED) is 0.728. The Labute approximate surface area is 93.0 Å². The molecular formula is C13H11NO2. The molecule has 1 aromatic heterocycles. The van der Waals surface area contributed by atoms with Gasteiger partial charge in [-0.1, -0.05) is 30.3 Å². The summed E-state index contributed by atoms with van der Waals surface area (Å²) in [6, 6.07) is 11.3. The molecule has 1 aromatic carbocycles. The molecule has 0 saturated heterocycles. The van der Waals surface area contributed by atoms with E-state index in [-0.39, 0.29) is 11.0 Å². The molecule has 0 radical (unpaired) electrons. The van der Waals surface area contributed by atoms with Gasteiger partial charge >= 0.3 is 0 Å². The monoisotopic (exact) mass is 213 g/mol. The Bertz CT molecular complexity index is 543. The standard InChI is InChI=1S/C13H11NO2/c15-10-12-9-14(7-6-13(12)16)8-11-4-2-1-3-5-11/h1-7,9-10H,8H2. The van der Waals surface area contributed by atoms with E-state index in [0.29, 0.717) is 12.8 Å². The van der Waals surface area contributed by atoms with Crippen LogP contribution in [0.1, 0.15) is 15.9 Å². The molecule has 0 N–H and O–H groups in total. The van der Waals surface area contributed by atoms with Crippen molar-refractivity contribution >= 4 is 6.29 Å². The Hall–Kier alpha value is -2.16. The third kappa shape index (κ3) is 2.25. The highest BCUT2D eigenvalue weighted by molar-refractivity contribution is 5.73. The zero-order valence-electron chi connectivity index (χ0n) is 8.67. The summed E-state index contributed by atoms with van der Waals surface area (Å²) in [6.45, 7) is 0.655. The van der Waals surface area contributed by atoms with Crippen LogP contribution in [-0.4, -0.2) is 10.9 Å². The van der Waals surface area contributed by atoms with E-state index in [4.69, 9.17) is 0 Å². The van der Waals surface area contributed by atoms with Crippen LogP contribution in [0.2, 0.25) is 0 Å². The van der Waals surface area contributed by atoms with Gasteiger partial charge in [0.05, 0.1) is 5.56 Å². The Morgan fingerprint density at radius 2 is 1.88 bits per heavy atom. The normalized spacial score (nSPS) is 10.0. The lowest BCUT2D eigenvalue weighted by atomic mass is 10.2. The molecule has 80 valence electrons. The van der Waals surface area contributed by atoms with Gasteiger partial charge in [-0.3, -0.25) is 9.59 Å². The SMILES string of the molecule is O=Cc1cn(Cc2ccccc2)ccc1=O. The van der Waals surface area contributed by atoms with Gasteiger partial charge in [-0.05, 0) is 5.56 Å². The molecule has 3 heteroatoms. The van der Waals surface area contributed by atoms with Gasteiger partial charge in [0.15, 0.2) is 11.7 Å². The molecule has 3 nitrogen and oxygen atoms in total. The van der Waals surface area contributed by atoms with Gasteiger partial charge in [-0.2, -0.15) is 0 Å². The highest BCUT2D eigenvalue weighted by atomic mass is 16.1. The van der Waals surface area contributed by atoms with Gasteiger partial charge in [0.2, 0.25) is 0 Å². The first kappa shape index (κ1) is 10.4. The number of benzene rings is 1. The van der Waals surface area contributed by atoms with E-state index in [1.807, 2.05) is 34.9 Å². The fourth-order valence-corrected chi connectivity index (χ4v) is 1.53. The van der Waals surface area contributed by atoms with Gasteiger partial charge in [-0.25, -0.2) is 0 Å². The lowest BCUT2D eigenvalue weighted by Crippen LogP contribution is -2.11. The van der Waals surface area contributed by atoms with Crippen LogP contribution in [0, 0.1) is 0 Å². The number of carbonyl (C=O) groups is 1. The lowest BCUT2D eigenvalue weighted by molar-refractivity contribution is 0.112. The van der Waals surface area contributed by atoms with E-state index >= 15 is 0 Å². The van der Waals surface area contributed by atoms with Gasteiger partial charge in [0, 0.05) is 25.0 Å². The average molecular weight is 213 g/mol. The molecule has 16 heavy (non-hydrogen) atoms. The number of nitrogens with zero attached hydrogens (tertiary/aromatic N) is 1. The van der Waals surface area contributed by atoms with Crippen molar-refractivity contribution in [3.8, 4) is 0 Å². The number of rotatable bonds is 3. The summed E-state index contributed by atoms with van der Waals surface area (Å²) in [5.41, 5.74) is 1.08. The van der Waals surface area contributed by atoms with E-state index in [1.54, 1.807) is 12.4 Å². The third-order valence-electron chi connectivity index (χ3n) is 2.34. The molecule has 0 amide bonds. The number of aldehydes is 1. The first-order valence-corrected chi connectivity index (χ1v) is 4.99. The summed E-state index contributed by atoms with van der Waals surface area (Å²) >= 11 is 0. The van der Waals surface area contributed by atoms with Gasteiger partial charge in [0.25, 0.3) is 0 Å². The summed E-state index contributed by atoms with van der Waals surface area (Å²) in [5, 5.41) is 0. The van der Waals surface area contributed by atoms with Gasteiger partial charge in [-0.15, -0.1) is 0 Å². The summed E-state index contributed by atoms with van der Waals surface area (Å²) in [5.74, 6) is 0. The van der Waals surface area contributed by atoms with Crippen LogP contribution in [-0.2, 0) is 6.54 Å². The molecule has 1 heterocycles. The smallest absolute Gasteiger partial charge is 0.192 e. The largest absolute Gasteiger partial charge is 0.349 e. The van der Waals surface area contributed by atoms with Crippen LogP contribution in [0.5, 0.6) is 0 Å². The fraction of sp³-hybridized carbons (Fsp3) is 0.0769. The maximum Gasteiger partial charge on any atom is 0.192 e. The van der Waals surface area contributed by atoms with Crippen molar-refractivity contribution in [3.63, 3.8) is 0 Å². The summed E-state index contributed by atoms with van der Waals surface area (Å²) < 4.78 is 1.82. The molecule has 2 rings (SSSR count). The van der Waals surface area contributed by atoms with Gasteiger partial charge in [0.1, 0.15) is 0 Å². The van der Waals surface area contributed by atoms with E-state index in [0.717, 1.165) is 5.56 Å². The summed E-state index contributed by atoms with van der Waals surface area (Å²) in [7, 11) is 0. The van der Waals surface area contributed by atoms with E-state index in [1.165, 1.54) is 6.07 Å². The minimum atomic E-state index is -0.237. The van der Waals surface area contributed by atoms with Crippen LogP contribution >= 0.6 is 0 Å². The van der Waals surface area contributed by atoms with Crippen molar-refractivity contribution < 1.29 is 4.79 Å². The molecule has 0 bridgehead atoms. The lowest BCUT2D eigenvalue weighted by Gasteiger charge is -2.06. The molecule has 0 saturated carbocycles. The van der Waals surface area contributed by atoms with Crippen molar-refractivity contribution in [1.82, 2.24) is 4.57 Å². The minimum absolute atomic E-state index is 0.193. The second kappa shape index (κ2) is 4.57. The maximum absolute atomic E-state index is 11.2. The number of pyridine rings is 1. The van der Waals surface area contributed by atoms with Crippen LogP contribution < -0.4 is 5.43 Å². The highest BCUT2D eigenvalue weighted by Gasteiger charge is 1.98. The van der Waals surface area contributed by atoms with Crippen molar-refractivity contribution in [1.29, 1.82) is 0 Å². The molecule has 0 spiro atoms. The first-order chi connectivity index (χ1) is 7.79. The Balaban J connectivity index is 2.29. The van der Waals surface area contributed by atoms with E-state index in [2.05, 4.69) is 0 Å². The van der Waals surface area contributed by atoms with Crippen molar-refractivity contribution in [2.24, 2.45) is 0 Å². The predicted molar refractivity (Wildman–Crippen MR) is 61.6 cm³/mol. The van der Waals surface area contributed by atoms with Crippen LogP contribution in [0.25, 0.3) is 0 Å². The molecule has 0 fully saturated rings. The first-order valence-electron chi connectivity index (χ1n) is 4.99. The van der Waals surface area contributed by atoms with Gasteiger partial charge < -0.3 is 4.57 Å². The average Bonchev–Trinajstić information content (AvgIpc) is 2.33. The molecule has 0 atom stereocenters. The second-order valence-corrected chi connectivity index (χ2v) is 3.54. The summed E-state index contributed by atoms with van der Waals surface area (Å²) in [6.07, 6.45) is 3.84. The van der Waals surface area contributed by atoms with Crippen LogP contribution in [0.3, 0.4) is 0 Å². The Kier molecular flexibility index (Phi) is 2.96. The molecular weight excluding hydrogens is 202 g/mol. The van der Waals surface area contributed by atoms with Crippen LogP contribution in [0.4, 0.5) is 0 Å². The second-order valence-electron chi connectivity index (χ2n) is 3.54. The molecule has 0 unspecified atom stereocenters. The Morgan fingerprint density at radius 1 is 1.12 bits per heavy atom. The minimum Gasteiger partial charge on any atom is -0.349 e. The molecule has 2 aromatic rings. The fourth-order valence-electron chi connectivity index (χ4n) is 1.53. The number of aromatic nitrogens is 1. The topological polar surface area (TPSA) is 39.1 Å². The number of carbonyl (C=O) groups excluding carboxylic acids is 1. The third-order valence-corrected chi connectivity index (χ3v) is 2.34. The Morgan fingerprint density at radius 3 is 2.56 bits per heavy atom. The zero-order valence-corrected chi connectivity index (χ0v) is 8.67. The van der Waals surface area contributed by atoms with E-state index in [9.17, 15) is 9.59 Å². The predicted octanol–water partition coefficient (Wildman–Crippen LogP) is 1.71. The molecule has 0 aliphatic rings. The molecule has 0 aliphatic carbocycles. The van der Waals surface area contributed by atoms with Crippen molar-refractivity contribution in [3.05, 3.63) is 70.1 Å². The highest BCUT2D eigenvalue weighted by Crippen LogP contribution is 2.01. The van der Waals surface area contributed by atoms with Crippen LogP contribution in [0.15, 0.2) is 53.6 Å².